The van der Waals surface area contributed by atoms with E-state index in [-0.39, 0.29) is 16.0 Å². The van der Waals surface area contributed by atoms with Gasteiger partial charge < -0.3 is 10.6 Å². The van der Waals surface area contributed by atoms with Crippen molar-refractivity contribution >= 4 is 33.0 Å². The Morgan fingerprint density at radius 1 is 0.759 bits per heavy atom. The summed E-state index contributed by atoms with van der Waals surface area (Å²) in [5, 5.41) is 5.21. The Bertz CT molecular complexity index is 1190. The predicted octanol–water partition coefficient (Wildman–Crippen LogP) is 3.73. The van der Waals surface area contributed by atoms with Gasteiger partial charge in [-0.3, -0.25) is 9.59 Å². The number of sulfone groups is 1. The maximum absolute atomic E-state index is 13.3. The SMILES string of the molecule is CS(=O)(=O)c1cccc(C(=O)Nc2cccc(C(=O)Nc3cccc(F)c3)c2)c1. The molecule has 0 atom stereocenters. The van der Waals surface area contributed by atoms with Gasteiger partial charge in [0, 0.05) is 28.8 Å². The van der Waals surface area contributed by atoms with Gasteiger partial charge in [-0.25, -0.2) is 12.8 Å². The van der Waals surface area contributed by atoms with Crippen molar-refractivity contribution in [1.82, 2.24) is 0 Å². The molecule has 3 aromatic carbocycles. The number of anilines is 2. The van der Waals surface area contributed by atoms with Crippen LogP contribution in [0.2, 0.25) is 0 Å². The summed E-state index contributed by atoms with van der Waals surface area (Å²) < 4.78 is 36.6. The van der Waals surface area contributed by atoms with Crippen molar-refractivity contribution in [3.8, 4) is 0 Å². The number of amides is 2. The van der Waals surface area contributed by atoms with Crippen molar-refractivity contribution in [2.24, 2.45) is 0 Å². The Morgan fingerprint density at radius 3 is 1.86 bits per heavy atom. The number of hydrogen-bond donors (Lipinski definition) is 2. The zero-order chi connectivity index (χ0) is 21.0. The van der Waals surface area contributed by atoms with Gasteiger partial charge in [0.2, 0.25) is 0 Å². The molecule has 0 aliphatic heterocycles. The minimum atomic E-state index is -3.44. The normalized spacial score (nSPS) is 11.0. The van der Waals surface area contributed by atoms with Crippen LogP contribution in [0.1, 0.15) is 20.7 Å². The largest absolute Gasteiger partial charge is 0.322 e. The highest BCUT2D eigenvalue weighted by atomic mass is 32.2. The first kappa shape index (κ1) is 20.2. The van der Waals surface area contributed by atoms with Gasteiger partial charge in [0.05, 0.1) is 4.90 Å². The van der Waals surface area contributed by atoms with Crippen LogP contribution in [0.3, 0.4) is 0 Å². The fourth-order valence-electron chi connectivity index (χ4n) is 2.58. The maximum Gasteiger partial charge on any atom is 0.255 e. The van der Waals surface area contributed by atoms with E-state index in [1.807, 2.05) is 0 Å². The molecule has 0 aliphatic rings. The molecule has 6 nitrogen and oxygen atoms in total. The molecule has 2 N–H and O–H groups in total. The number of carbonyl (C=O) groups is 2. The second-order valence-electron chi connectivity index (χ2n) is 6.30. The Hall–Kier alpha value is -3.52. The van der Waals surface area contributed by atoms with Crippen LogP contribution in [-0.2, 0) is 9.84 Å². The van der Waals surface area contributed by atoms with Gasteiger partial charge in [-0.1, -0.05) is 18.2 Å². The van der Waals surface area contributed by atoms with Crippen LogP contribution < -0.4 is 10.6 Å². The summed E-state index contributed by atoms with van der Waals surface area (Å²) in [7, 11) is -3.44. The zero-order valence-corrected chi connectivity index (χ0v) is 16.2. The third-order valence-electron chi connectivity index (χ3n) is 3.99. The number of rotatable bonds is 5. The minimum absolute atomic E-state index is 0.0355. The molecular formula is C21H17FN2O4S. The van der Waals surface area contributed by atoms with Gasteiger partial charge >= 0.3 is 0 Å². The van der Waals surface area contributed by atoms with Crippen molar-refractivity contribution in [2.45, 2.75) is 4.90 Å². The predicted molar refractivity (Wildman–Crippen MR) is 108 cm³/mol. The first-order chi connectivity index (χ1) is 13.7. The molecule has 0 heterocycles. The Balaban J connectivity index is 1.76. The van der Waals surface area contributed by atoms with Crippen LogP contribution in [-0.4, -0.2) is 26.5 Å². The molecule has 0 bridgehead atoms. The lowest BCUT2D eigenvalue weighted by Crippen LogP contribution is -2.15. The van der Waals surface area contributed by atoms with Crippen molar-refractivity contribution in [3.63, 3.8) is 0 Å². The van der Waals surface area contributed by atoms with Crippen LogP contribution >= 0.6 is 0 Å². The fourth-order valence-corrected chi connectivity index (χ4v) is 3.25. The molecule has 0 aliphatic carbocycles. The second-order valence-corrected chi connectivity index (χ2v) is 8.32. The summed E-state index contributed by atoms with van der Waals surface area (Å²) in [6.07, 6.45) is 1.06. The molecule has 0 spiro atoms. The highest BCUT2D eigenvalue weighted by molar-refractivity contribution is 7.90. The Kier molecular flexibility index (Phi) is 5.74. The summed E-state index contributed by atoms with van der Waals surface area (Å²) >= 11 is 0. The molecule has 2 amide bonds. The third kappa shape index (κ3) is 5.26. The molecule has 0 radical (unpaired) electrons. The van der Waals surface area contributed by atoms with Gasteiger partial charge in [-0.2, -0.15) is 0 Å². The molecule has 148 valence electrons. The van der Waals surface area contributed by atoms with E-state index >= 15 is 0 Å². The molecule has 0 unspecified atom stereocenters. The number of nitrogens with one attached hydrogen (secondary N) is 2. The van der Waals surface area contributed by atoms with Crippen molar-refractivity contribution in [1.29, 1.82) is 0 Å². The van der Waals surface area contributed by atoms with E-state index in [0.29, 0.717) is 11.4 Å². The lowest BCUT2D eigenvalue weighted by molar-refractivity contribution is 0.101. The average molecular weight is 412 g/mol. The van der Waals surface area contributed by atoms with Crippen molar-refractivity contribution in [2.75, 3.05) is 16.9 Å². The fraction of sp³-hybridized carbons (Fsp3) is 0.0476. The summed E-state index contributed by atoms with van der Waals surface area (Å²) in [6.45, 7) is 0. The monoisotopic (exact) mass is 412 g/mol. The van der Waals surface area contributed by atoms with E-state index < -0.39 is 27.5 Å². The van der Waals surface area contributed by atoms with E-state index in [2.05, 4.69) is 10.6 Å². The molecule has 0 fully saturated rings. The maximum atomic E-state index is 13.3. The number of benzene rings is 3. The van der Waals surface area contributed by atoms with E-state index in [0.717, 1.165) is 6.26 Å². The average Bonchev–Trinajstić information content (AvgIpc) is 2.67. The van der Waals surface area contributed by atoms with Gasteiger partial charge in [-0.15, -0.1) is 0 Å². The third-order valence-corrected chi connectivity index (χ3v) is 5.10. The molecule has 29 heavy (non-hydrogen) atoms. The van der Waals surface area contributed by atoms with Gasteiger partial charge in [0.15, 0.2) is 9.84 Å². The first-order valence-electron chi connectivity index (χ1n) is 8.51. The van der Waals surface area contributed by atoms with E-state index in [1.54, 1.807) is 24.3 Å². The highest BCUT2D eigenvalue weighted by Crippen LogP contribution is 2.17. The zero-order valence-electron chi connectivity index (χ0n) is 15.3. The number of carbonyl (C=O) groups excluding carboxylic acids is 2. The summed E-state index contributed by atoms with van der Waals surface area (Å²) in [5.74, 6) is -1.45. The first-order valence-corrected chi connectivity index (χ1v) is 10.4. The van der Waals surface area contributed by atoms with Crippen LogP contribution in [0.4, 0.5) is 15.8 Å². The molecule has 0 saturated carbocycles. The number of halogens is 1. The Morgan fingerprint density at radius 2 is 1.28 bits per heavy atom. The lowest BCUT2D eigenvalue weighted by Gasteiger charge is -2.09. The summed E-state index contributed by atoms with van der Waals surface area (Å²) in [5.41, 5.74) is 1.09. The molecular weight excluding hydrogens is 395 g/mol. The Labute approximate surface area is 167 Å². The molecule has 3 aromatic rings. The molecule has 0 saturated heterocycles. The smallest absolute Gasteiger partial charge is 0.255 e. The summed E-state index contributed by atoms with van der Waals surface area (Å²) in [4.78, 5) is 24.9. The van der Waals surface area contributed by atoms with E-state index in [1.165, 1.54) is 48.5 Å². The minimum Gasteiger partial charge on any atom is -0.322 e. The number of hydrogen-bond acceptors (Lipinski definition) is 4. The van der Waals surface area contributed by atoms with Gasteiger partial charge in [0.1, 0.15) is 5.82 Å². The van der Waals surface area contributed by atoms with Gasteiger partial charge in [0.25, 0.3) is 11.8 Å². The van der Waals surface area contributed by atoms with Crippen LogP contribution in [0, 0.1) is 5.82 Å². The van der Waals surface area contributed by atoms with Crippen molar-refractivity contribution in [3.05, 3.63) is 89.7 Å². The van der Waals surface area contributed by atoms with Gasteiger partial charge in [-0.05, 0) is 54.6 Å². The lowest BCUT2D eigenvalue weighted by atomic mass is 10.1. The second kappa shape index (κ2) is 8.24. The standard InChI is InChI=1S/C21H17FN2O4S/c1-29(27,28)19-10-3-6-15(12-19)21(26)23-17-8-2-5-14(11-17)20(25)24-18-9-4-7-16(22)13-18/h2-13H,1H3,(H,23,26)(H,24,25). The quantitative estimate of drug-likeness (QED) is 0.668. The highest BCUT2D eigenvalue weighted by Gasteiger charge is 2.13. The molecule has 3 rings (SSSR count). The van der Waals surface area contributed by atoms with E-state index in [9.17, 15) is 22.4 Å². The van der Waals surface area contributed by atoms with Crippen LogP contribution in [0.25, 0.3) is 0 Å². The van der Waals surface area contributed by atoms with Crippen LogP contribution in [0.5, 0.6) is 0 Å². The van der Waals surface area contributed by atoms with Crippen molar-refractivity contribution < 1.29 is 22.4 Å². The topological polar surface area (TPSA) is 92.3 Å². The molecule has 8 heteroatoms. The summed E-state index contributed by atoms with van der Waals surface area (Å²) in [6, 6.07) is 17.4. The van der Waals surface area contributed by atoms with E-state index in [4.69, 9.17) is 0 Å². The molecule has 0 aromatic heterocycles. The van der Waals surface area contributed by atoms with Crippen LogP contribution in [0.15, 0.2) is 77.7 Å².